The molecule has 9 heteroatoms. The van der Waals surface area contributed by atoms with Crippen LogP contribution >= 0.6 is 11.8 Å². The van der Waals surface area contributed by atoms with Gasteiger partial charge in [0, 0.05) is 65.0 Å². The Kier molecular flexibility index (Phi) is 5.78. The Morgan fingerprint density at radius 3 is 2.75 bits per heavy atom. The molecule has 0 aliphatic carbocycles. The standard InChI is InChI=1S/C27H28ClN7O/c1-17-26(18(2)34(32-17)15-19-4-3-5-23(36)10-19)25-14-30-27-24(25)11-20(12-29-27)21-13-31-35(16-21)22-6-8-33(28)9-7-22/h3-5,10-14,16,22,36H,6-9,15H2,1-2H3,(H,29,30). The van der Waals surface area contributed by atoms with E-state index in [-0.39, 0.29) is 5.75 Å². The molecule has 0 unspecified atom stereocenters. The third kappa shape index (κ3) is 4.16. The highest BCUT2D eigenvalue weighted by Gasteiger charge is 2.21. The normalized spacial score (nSPS) is 15.2. The smallest absolute Gasteiger partial charge is 0.137 e. The summed E-state index contributed by atoms with van der Waals surface area (Å²) in [7, 11) is 0. The Morgan fingerprint density at radius 2 is 1.94 bits per heavy atom. The van der Waals surface area contributed by atoms with Crippen molar-refractivity contribution in [2.45, 2.75) is 39.3 Å². The molecule has 1 aromatic carbocycles. The van der Waals surface area contributed by atoms with Crippen molar-refractivity contribution in [2.24, 2.45) is 0 Å². The van der Waals surface area contributed by atoms with Gasteiger partial charge in [-0.1, -0.05) is 12.1 Å². The van der Waals surface area contributed by atoms with Crippen molar-refractivity contribution in [2.75, 3.05) is 13.1 Å². The molecule has 0 radical (unpaired) electrons. The van der Waals surface area contributed by atoms with Crippen LogP contribution in [0.3, 0.4) is 0 Å². The molecule has 5 heterocycles. The van der Waals surface area contributed by atoms with Gasteiger partial charge in [-0.2, -0.15) is 10.2 Å². The van der Waals surface area contributed by atoms with Gasteiger partial charge < -0.3 is 10.1 Å². The van der Waals surface area contributed by atoms with Crippen molar-refractivity contribution in [1.82, 2.24) is 33.9 Å². The van der Waals surface area contributed by atoms with Gasteiger partial charge in [-0.15, -0.1) is 0 Å². The van der Waals surface area contributed by atoms with Crippen LogP contribution in [0, 0.1) is 13.8 Å². The number of benzene rings is 1. The number of hydrogen-bond acceptors (Lipinski definition) is 5. The molecule has 4 aromatic heterocycles. The fourth-order valence-electron chi connectivity index (χ4n) is 5.22. The maximum atomic E-state index is 9.84. The first-order valence-corrected chi connectivity index (χ1v) is 12.5. The van der Waals surface area contributed by atoms with Crippen LogP contribution in [0.5, 0.6) is 5.75 Å². The Bertz CT molecular complexity index is 1540. The summed E-state index contributed by atoms with van der Waals surface area (Å²) in [5, 5.41) is 20.4. The quantitative estimate of drug-likeness (QED) is 0.312. The van der Waals surface area contributed by atoms with Crippen molar-refractivity contribution in [3.05, 3.63) is 72.1 Å². The largest absolute Gasteiger partial charge is 0.508 e. The number of aromatic nitrogens is 6. The second kappa shape index (κ2) is 9.11. The molecule has 0 spiro atoms. The number of aryl methyl sites for hydroxylation is 1. The summed E-state index contributed by atoms with van der Waals surface area (Å²) in [6.45, 7) is 6.46. The maximum Gasteiger partial charge on any atom is 0.137 e. The number of pyridine rings is 1. The highest BCUT2D eigenvalue weighted by molar-refractivity contribution is 6.13. The van der Waals surface area contributed by atoms with E-state index in [4.69, 9.17) is 21.9 Å². The molecular weight excluding hydrogens is 474 g/mol. The van der Waals surface area contributed by atoms with Crippen LogP contribution in [0.15, 0.2) is 55.1 Å². The van der Waals surface area contributed by atoms with Crippen LogP contribution < -0.4 is 0 Å². The van der Waals surface area contributed by atoms with Gasteiger partial charge in [0.2, 0.25) is 0 Å². The monoisotopic (exact) mass is 501 g/mol. The minimum absolute atomic E-state index is 0.261. The summed E-state index contributed by atoms with van der Waals surface area (Å²) < 4.78 is 5.91. The number of aromatic amines is 1. The lowest BCUT2D eigenvalue weighted by atomic mass is 10.0. The molecular formula is C27H28ClN7O. The van der Waals surface area contributed by atoms with Crippen LogP contribution in [0.4, 0.5) is 0 Å². The minimum Gasteiger partial charge on any atom is -0.508 e. The molecule has 1 aliphatic heterocycles. The summed E-state index contributed by atoms with van der Waals surface area (Å²) >= 11 is 6.13. The predicted molar refractivity (Wildman–Crippen MR) is 141 cm³/mol. The number of phenols is 1. The summed E-state index contributed by atoms with van der Waals surface area (Å²) in [5.74, 6) is 0.261. The fraction of sp³-hybridized carbons (Fsp3) is 0.296. The van der Waals surface area contributed by atoms with Gasteiger partial charge in [0.1, 0.15) is 11.4 Å². The average molecular weight is 502 g/mol. The zero-order valence-corrected chi connectivity index (χ0v) is 21.1. The van der Waals surface area contributed by atoms with Gasteiger partial charge in [-0.05, 0) is 62.2 Å². The van der Waals surface area contributed by atoms with E-state index >= 15 is 0 Å². The molecule has 184 valence electrons. The fourth-order valence-corrected chi connectivity index (χ4v) is 5.42. The summed E-state index contributed by atoms with van der Waals surface area (Å²) in [6, 6.07) is 9.86. The van der Waals surface area contributed by atoms with E-state index < -0.39 is 0 Å². The number of nitrogens with zero attached hydrogens (tertiary/aromatic N) is 6. The first-order chi connectivity index (χ1) is 17.5. The number of nitrogens with one attached hydrogen (secondary N) is 1. The molecule has 5 aromatic rings. The zero-order valence-electron chi connectivity index (χ0n) is 20.3. The molecule has 0 atom stereocenters. The molecule has 0 saturated carbocycles. The number of hydrogen-bond donors (Lipinski definition) is 2. The third-order valence-electron chi connectivity index (χ3n) is 7.14. The highest BCUT2D eigenvalue weighted by atomic mass is 35.5. The number of piperidine rings is 1. The molecule has 6 rings (SSSR count). The average Bonchev–Trinajstić information content (AvgIpc) is 3.58. The van der Waals surface area contributed by atoms with Gasteiger partial charge in [0.25, 0.3) is 0 Å². The number of halogens is 1. The molecule has 2 N–H and O–H groups in total. The van der Waals surface area contributed by atoms with Crippen molar-refractivity contribution in [3.8, 4) is 28.0 Å². The first kappa shape index (κ1) is 22.8. The number of fused-ring (bicyclic) bond motifs is 1. The van der Waals surface area contributed by atoms with E-state index in [0.717, 1.165) is 76.2 Å². The SMILES string of the molecule is Cc1nn(Cc2cccc(O)c2)c(C)c1-c1c[nH]c2ncc(-c3cnn(C4CCN(Cl)CC4)c3)cc12. The Labute approximate surface area is 214 Å². The zero-order chi connectivity index (χ0) is 24.8. The molecule has 0 bridgehead atoms. The molecule has 1 fully saturated rings. The predicted octanol–water partition coefficient (Wildman–Crippen LogP) is 5.45. The second-order valence-electron chi connectivity index (χ2n) is 9.55. The number of H-pyrrole nitrogens is 1. The number of aromatic hydroxyl groups is 1. The lowest BCUT2D eigenvalue weighted by molar-refractivity contribution is 0.269. The molecule has 8 nitrogen and oxygen atoms in total. The van der Waals surface area contributed by atoms with Gasteiger partial charge in [0.15, 0.2) is 0 Å². The van der Waals surface area contributed by atoms with Crippen LogP contribution in [0.25, 0.3) is 33.3 Å². The summed E-state index contributed by atoms with van der Waals surface area (Å²) in [6.07, 6.45) is 9.94. The second-order valence-corrected chi connectivity index (χ2v) is 10.0. The maximum absolute atomic E-state index is 9.84. The Hall–Kier alpha value is -3.62. The van der Waals surface area contributed by atoms with Gasteiger partial charge >= 0.3 is 0 Å². The lowest BCUT2D eigenvalue weighted by Gasteiger charge is -2.27. The Balaban J connectivity index is 1.33. The van der Waals surface area contributed by atoms with Crippen LogP contribution in [-0.4, -0.2) is 52.1 Å². The summed E-state index contributed by atoms with van der Waals surface area (Å²) in [4.78, 5) is 8.04. The minimum atomic E-state index is 0.261. The number of phenolic OH excluding ortho intramolecular Hbond substituents is 1. The van der Waals surface area contributed by atoms with Crippen molar-refractivity contribution in [3.63, 3.8) is 0 Å². The molecule has 36 heavy (non-hydrogen) atoms. The van der Waals surface area contributed by atoms with Gasteiger partial charge in [-0.3, -0.25) is 9.36 Å². The Morgan fingerprint density at radius 1 is 1.11 bits per heavy atom. The lowest BCUT2D eigenvalue weighted by Crippen LogP contribution is -2.28. The van der Waals surface area contributed by atoms with Crippen molar-refractivity contribution < 1.29 is 5.11 Å². The summed E-state index contributed by atoms with van der Waals surface area (Å²) in [5.41, 5.74) is 8.14. The highest BCUT2D eigenvalue weighted by Crippen LogP contribution is 2.35. The van der Waals surface area contributed by atoms with E-state index in [1.165, 1.54) is 0 Å². The molecule has 1 saturated heterocycles. The van der Waals surface area contributed by atoms with Crippen LogP contribution in [-0.2, 0) is 6.54 Å². The third-order valence-corrected chi connectivity index (χ3v) is 7.48. The van der Waals surface area contributed by atoms with Crippen molar-refractivity contribution >= 4 is 22.8 Å². The topological polar surface area (TPSA) is 87.8 Å². The van der Waals surface area contributed by atoms with Crippen LogP contribution in [0.2, 0.25) is 0 Å². The van der Waals surface area contributed by atoms with E-state index in [1.807, 2.05) is 46.7 Å². The first-order valence-electron chi connectivity index (χ1n) is 12.2. The van der Waals surface area contributed by atoms with Gasteiger partial charge in [0.05, 0.1) is 24.5 Å². The molecule has 0 amide bonds. The van der Waals surface area contributed by atoms with E-state index in [2.05, 4.69) is 34.0 Å². The van der Waals surface area contributed by atoms with Gasteiger partial charge in [-0.25, -0.2) is 9.40 Å². The van der Waals surface area contributed by atoms with E-state index in [9.17, 15) is 5.11 Å². The van der Waals surface area contributed by atoms with Crippen molar-refractivity contribution in [1.29, 1.82) is 0 Å². The van der Waals surface area contributed by atoms with Crippen LogP contribution in [0.1, 0.15) is 35.8 Å². The molecule has 1 aliphatic rings. The van der Waals surface area contributed by atoms with E-state index in [0.29, 0.717) is 12.6 Å². The van der Waals surface area contributed by atoms with E-state index in [1.54, 1.807) is 12.1 Å². The number of rotatable bonds is 5.